The molecular formula is C13H16ClNO4. The van der Waals surface area contributed by atoms with Gasteiger partial charge in [-0.2, -0.15) is 0 Å². The number of hydrogen-bond donors (Lipinski definition) is 2. The summed E-state index contributed by atoms with van der Waals surface area (Å²) in [5.41, 5.74) is 1.03. The maximum Gasteiger partial charge on any atom is 0.326 e. The van der Waals surface area contributed by atoms with Gasteiger partial charge in [0.2, 0.25) is 0 Å². The molecule has 2 N–H and O–H groups in total. The molecular weight excluding hydrogens is 270 g/mol. The molecule has 0 saturated heterocycles. The van der Waals surface area contributed by atoms with Gasteiger partial charge in [0, 0.05) is 20.1 Å². The second-order valence-electron chi connectivity index (χ2n) is 4.08. The number of methoxy groups -OCH3 is 1. The van der Waals surface area contributed by atoms with Crippen LogP contribution in [0.25, 0.3) is 0 Å². The van der Waals surface area contributed by atoms with Gasteiger partial charge >= 0.3 is 5.97 Å². The van der Waals surface area contributed by atoms with Gasteiger partial charge in [-0.05, 0) is 18.6 Å². The number of aliphatic carboxylic acids is 1. The third-order valence-corrected chi connectivity index (χ3v) is 3.15. The van der Waals surface area contributed by atoms with E-state index in [1.54, 1.807) is 25.1 Å². The van der Waals surface area contributed by atoms with Gasteiger partial charge in [0.1, 0.15) is 6.04 Å². The predicted octanol–water partition coefficient (Wildman–Crippen LogP) is 1.87. The van der Waals surface area contributed by atoms with Crippen molar-refractivity contribution in [3.05, 3.63) is 34.3 Å². The summed E-state index contributed by atoms with van der Waals surface area (Å²) in [6.45, 7) is 2.03. The minimum absolute atomic E-state index is 0.195. The van der Waals surface area contributed by atoms with E-state index in [-0.39, 0.29) is 18.6 Å². The van der Waals surface area contributed by atoms with Crippen LogP contribution < -0.4 is 5.32 Å². The molecule has 1 rings (SSSR count). The zero-order chi connectivity index (χ0) is 14.4. The molecule has 0 heterocycles. The molecule has 0 aliphatic carbocycles. The third-order valence-electron chi connectivity index (χ3n) is 2.65. The maximum atomic E-state index is 12.0. The van der Waals surface area contributed by atoms with Crippen LogP contribution in [0.4, 0.5) is 0 Å². The number of carboxylic acids is 1. The average Bonchev–Trinajstić information content (AvgIpc) is 2.37. The number of benzene rings is 1. The van der Waals surface area contributed by atoms with Gasteiger partial charge < -0.3 is 15.2 Å². The lowest BCUT2D eigenvalue weighted by molar-refractivity contribution is -0.139. The molecule has 0 saturated carbocycles. The third kappa shape index (κ3) is 4.22. The highest BCUT2D eigenvalue weighted by Crippen LogP contribution is 2.20. The zero-order valence-electron chi connectivity index (χ0n) is 10.8. The normalized spacial score (nSPS) is 11.9. The Balaban J connectivity index is 2.82. The Bertz CT molecular complexity index is 476. The van der Waals surface area contributed by atoms with Crippen molar-refractivity contribution in [1.82, 2.24) is 5.32 Å². The Morgan fingerprint density at radius 2 is 2.16 bits per heavy atom. The number of aryl methyl sites for hydroxylation is 1. The number of amides is 1. The molecule has 19 heavy (non-hydrogen) atoms. The van der Waals surface area contributed by atoms with Gasteiger partial charge in [0.15, 0.2) is 0 Å². The quantitative estimate of drug-likeness (QED) is 0.836. The van der Waals surface area contributed by atoms with E-state index in [2.05, 4.69) is 5.32 Å². The van der Waals surface area contributed by atoms with E-state index in [1.807, 2.05) is 0 Å². The fraction of sp³-hybridized carbons (Fsp3) is 0.385. The van der Waals surface area contributed by atoms with Crippen molar-refractivity contribution in [2.75, 3.05) is 13.7 Å². The maximum absolute atomic E-state index is 12.0. The van der Waals surface area contributed by atoms with Gasteiger partial charge in [-0.25, -0.2) is 4.79 Å². The number of nitrogens with one attached hydrogen (secondary N) is 1. The number of halogens is 1. The van der Waals surface area contributed by atoms with Crippen molar-refractivity contribution in [2.24, 2.45) is 0 Å². The number of carboxylic acid groups (broad SMARTS) is 1. The molecule has 1 amide bonds. The summed E-state index contributed by atoms with van der Waals surface area (Å²) in [5.74, 6) is -1.61. The summed E-state index contributed by atoms with van der Waals surface area (Å²) >= 11 is 6.02. The second kappa shape index (κ2) is 7.11. The molecule has 1 aromatic carbocycles. The van der Waals surface area contributed by atoms with Crippen molar-refractivity contribution in [3.8, 4) is 0 Å². The number of hydrogen-bond acceptors (Lipinski definition) is 3. The highest BCUT2D eigenvalue weighted by atomic mass is 35.5. The Hall–Kier alpha value is -1.59. The van der Waals surface area contributed by atoms with Crippen LogP contribution in [0.5, 0.6) is 0 Å². The van der Waals surface area contributed by atoms with E-state index in [4.69, 9.17) is 21.4 Å². The van der Waals surface area contributed by atoms with Gasteiger partial charge in [0.25, 0.3) is 5.91 Å². The van der Waals surface area contributed by atoms with E-state index in [0.717, 1.165) is 5.56 Å². The van der Waals surface area contributed by atoms with E-state index in [0.29, 0.717) is 5.02 Å². The first-order valence-corrected chi connectivity index (χ1v) is 6.13. The van der Waals surface area contributed by atoms with E-state index in [1.165, 1.54) is 7.11 Å². The largest absolute Gasteiger partial charge is 0.480 e. The van der Waals surface area contributed by atoms with Crippen LogP contribution in [-0.4, -0.2) is 36.7 Å². The molecule has 6 heteroatoms. The van der Waals surface area contributed by atoms with Gasteiger partial charge in [-0.15, -0.1) is 0 Å². The lowest BCUT2D eigenvalue weighted by atomic mass is 10.1. The Kier molecular flexibility index (Phi) is 5.79. The second-order valence-corrected chi connectivity index (χ2v) is 4.46. The molecule has 0 aliphatic rings. The zero-order valence-corrected chi connectivity index (χ0v) is 11.5. The highest BCUT2D eigenvalue weighted by molar-refractivity contribution is 6.34. The number of carbonyl (C=O) groups is 2. The molecule has 5 nitrogen and oxygen atoms in total. The summed E-state index contributed by atoms with van der Waals surface area (Å²) < 4.78 is 4.81. The molecule has 0 radical (unpaired) electrons. The van der Waals surface area contributed by atoms with Crippen LogP contribution in [0.3, 0.4) is 0 Å². The van der Waals surface area contributed by atoms with Crippen LogP contribution in [0.2, 0.25) is 5.02 Å². The molecule has 1 unspecified atom stereocenters. The van der Waals surface area contributed by atoms with E-state index >= 15 is 0 Å². The van der Waals surface area contributed by atoms with Crippen LogP contribution in [-0.2, 0) is 9.53 Å². The first-order valence-electron chi connectivity index (χ1n) is 5.75. The smallest absolute Gasteiger partial charge is 0.326 e. The number of ether oxygens (including phenoxy) is 1. The Morgan fingerprint density at radius 3 is 2.74 bits per heavy atom. The monoisotopic (exact) mass is 285 g/mol. The van der Waals surface area contributed by atoms with Crippen molar-refractivity contribution in [3.63, 3.8) is 0 Å². The first kappa shape index (κ1) is 15.5. The minimum atomic E-state index is -1.10. The topological polar surface area (TPSA) is 75.6 Å². The molecule has 104 valence electrons. The fourth-order valence-corrected chi connectivity index (χ4v) is 1.76. The minimum Gasteiger partial charge on any atom is -0.480 e. The van der Waals surface area contributed by atoms with Gasteiger partial charge in [-0.3, -0.25) is 4.79 Å². The molecule has 1 atom stereocenters. The molecule has 1 aromatic rings. The SMILES string of the molecule is COCCC(NC(=O)c1cccc(C)c1Cl)C(=O)O. The molecule has 0 bridgehead atoms. The molecule has 0 aromatic heterocycles. The van der Waals surface area contributed by atoms with Crippen molar-refractivity contribution in [1.29, 1.82) is 0 Å². The highest BCUT2D eigenvalue weighted by Gasteiger charge is 2.21. The van der Waals surface area contributed by atoms with Crippen molar-refractivity contribution >= 4 is 23.5 Å². The van der Waals surface area contributed by atoms with Crippen LogP contribution >= 0.6 is 11.6 Å². The van der Waals surface area contributed by atoms with Crippen LogP contribution in [0.1, 0.15) is 22.3 Å². The fourth-order valence-electron chi connectivity index (χ4n) is 1.55. The van der Waals surface area contributed by atoms with Gasteiger partial charge in [-0.1, -0.05) is 23.7 Å². The lowest BCUT2D eigenvalue weighted by Crippen LogP contribution is -2.41. The molecule has 0 spiro atoms. The Labute approximate surface area is 116 Å². The van der Waals surface area contributed by atoms with Crippen LogP contribution in [0, 0.1) is 6.92 Å². The van der Waals surface area contributed by atoms with E-state index < -0.39 is 17.9 Å². The average molecular weight is 286 g/mol. The number of carbonyl (C=O) groups excluding carboxylic acids is 1. The molecule has 0 fully saturated rings. The van der Waals surface area contributed by atoms with Crippen LogP contribution in [0.15, 0.2) is 18.2 Å². The lowest BCUT2D eigenvalue weighted by Gasteiger charge is -2.15. The summed E-state index contributed by atoms with van der Waals surface area (Å²) in [6, 6.07) is 4.03. The standard InChI is InChI=1S/C13H16ClNO4/c1-8-4-3-5-9(11(8)14)12(16)15-10(13(17)18)6-7-19-2/h3-5,10H,6-7H2,1-2H3,(H,15,16)(H,17,18). The van der Waals surface area contributed by atoms with E-state index in [9.17, 15) is 9.59 Å². The van der Waals surface area contributed by atoms with Crippen molar-refractivity contribution < 1.29 is 19.4 Å². The molecule has 0 aliphatic heterocycles. The summed E-state index contributed by atoms with van der Waals surface area (Å²) in [5, 5.41) is 11.8. The number of rotatable bonds is 6. The summed E-state index contributed by atoms with van der Waals surface area (Å²) in [7, 11) is 1.47. The first-order chi connectivity index (χ1) is 8.97. The van der Waals surface area contributed by atoms with Gasteiger partial charge in [0.05, 0.1) is 10.6 Å². The summed E-state index contributed by atoms with van der Waals surface area (Å²) in [6.07, 6.45) is 0.195. The summed E-state index contributed by atoms with van der Waals surface area (Å²) in [4.78, 5) is 23.0. The Morgan fingerprint density at radius 1 is 1.47 bits per heavy atom. The van der Waals surface area contributed by atoms with Crippen molar-refractivity contribution in [2.45, 2.75) is 19.4 Å². The predicted molar refractivity (Wildman–Crippen MR) is 71.6 cm³/mol.